The van der Waals surface area contributed by atoms with E-state index in [-0.39, 0.29) is 12.0 Å². The predicted molar refractivity (Wildman–Crippen MR) is 95.3 cm³/mol. The van der Waals surface area contributed by atoms with Gasteiger partial charge in [0, 0.05) is 17.9 Å². The molecule has 1 aliphatic heterocycles. The first kappa shape index (κ1) is 18.1. The van der Waals surface area contributed by atoms with Crippen molar-refractivity contribution in [2.24, 2.45) is 11.8 Å². The number of hydrogen-bond acceptors (Lipinski definition) is 4. The van der Waals surface area contributed by atoms with Crippen LogP contribution in [0, 0.1) is 11.8 Å². The maximum absolute atomic E-state index is 12.4. The Morgan fingerprint density at radius 1 is 1.48 bits per heavy atom. The van der Waals surface area contributed by atoms with Gasteiger partial charge < -0.3 is 14.8 Å². The number of methoxy groups -OCH3 is 1. The normalized spacial score (nSPS) is 21.3. The van der Waals surface area contributed by atoms with Crippen LogP contribution in [0.1, 0.15) is 33.1 Å². The molecular weight excluding hydrogens is 310 g/mol. The fourth-order valence-electron chi connectivity index (χ4n) is 2.92. The fourth-order valence-corrected chi connectivity index (χ4v) is 3.34. The van der Waals surface area contributed by atoms with Gasteiger partial charge in [-0.15, -0.1) is 11.8 Å². The fraction of sp³-hybridized carbons (Fsp3) is 0.611. The number of rotatable bonds is 6. The number of ether oxygens (including phenoxy) is 2. The number of amides is 1. The van der Waals surface area contributed by atoms with Gasteiger partial charge in [0.1, 0.15) is 5.75 Å². The second-order valence-electron chi connectivity index (χ2n) is 6.36. The number of benzene rings is 1. The van der Waals surface area contributed by atoms with Gasteiger partial charge in [0.05, 0.1) is 18.9 Å². The molecule has 0 aromatic heterocycles. The third-order valence-electron chi connectivity index (χ3n) is 4.32. The Morgan fingerprint density at radius 2 is 2.26 bits per heavy atom. The standard InChI is InChI=1S/C18H27NO3S/c1-12(2)16-9-13(7-8-22-16)10-18(20)19-15-6-5-14(23-4)11-17(15)21-3/h5-6,11-13,16H,7-10H2,1-4H3,(H,19,20)/t13-,16-/m0/s1. The zero-order chi connectivity index (χ0) is 16.8. The van der Waals surface area contributed by atoms with E-state index in [0.717, 1.165) is 30.0 Å². The summed E-state index contributed by atoms with van der Waals surface area (Å²) in [5.74, 6) is 1.65. The predicted octanol–water partition coefficient (Wildman–Crippen LogP) is 4.20. The van der Waals surface area contributed by atoms with Gasteiger partial charge in [-0.2, -0.15) is 0 Å². The number of nitrogens with one attached hydrogen (secondary N) is 1. The Kier molecular flexibility index (Phi) is 6.78. The van der Waals surface area contributed by atoms with Crippen LogP contribution in [0.25, 0.3) is 0 Å². The molecule has 1 fully saturated rings. The highest BCUT2D eigenvalue weighted by molar-refractivity contribution is 7.98. The molecule has 1 aromatic rings. The molecule has 1 saturated heterocycles. The molecule has 0 radical (unpaired) electrons. The molecule has 1 amide bonds. The van der Waals surface area contributed by atoms with Gasteiger partial charge in [-0.1, -0.05) is 13.8 Å². The zero-order valence-electron chi connectivity index (χ0n) is 14.4. The number of hydrogen-bond donors (Lipinski definition) is 1. The van der Waals surface area contributed by atoms with E-state index in [9.17, 15) is 4.79 Å². The summed E-state index contributed by atoms with van der Waals surface area (Å²) in [6.07, 6.45) is 4.76. The van der Waals surface area contributed by atoms with E-state index in [1.807, 2.05) is 24.5 Å². The summed E-state index contributed by atoms with van der Waals surface area (Å²) in [4.78, 5) is 13.5. The molecule has 0 spiro atoms. The molecule has 0 saturated carbocycles. The first-order chi connectivity index (χ1) is 11.0. The largest absolute Gasteiger partial charge is 0.495 e. The van der Waals surface area contributed by atoms with Crippen LogP contribution in [0.4, 0.5) is 5.69 Å². The smallest absolute Gasteiger partial charge is 0.224 e. The lowest BCUT2D eigenvalue weighted by Gasteiger charge is -2.31. The maximum atomic E-state index is 12.4. The first-order valence-electron chi connectivity index (χ1n) is 8.17. The Balaban J connectivity index is 1.94. The summed E-state index contributed by atoms with van der Waals surface area (Å²) in [5.41, 5.74) is 0.739. The van der Waals surface area contributed by atoms with Crippen molar-refractivity contribution >= 4 is 23.4 Å². The molecule has 2 rings (SSSR count). The molecule has 2 atom stereocenters. The van der Waals surface area contributed by atoms with Crippen LogP contribution in [0.15, 0.2) is 23.1 Å². The van der Waals surface area contributed by atoms with Crippen molar-refractivity contribution in [3.05, 3.63) is 18.2 Å². The Morgan fingerprint density at radius 3 is 2.91 bits per heavy atom. The van der Waals surface area contributed by atoms with E-state index in [4.69, 9.17) is 9.47 Å². The van der Waals surface area contributed by atoms with E-state index < -0.39 is 0 Å². The molecule has 4 nitrogen and oxygen atoms in total. The van der Waals surface area contributed by atoms with Gasteiger partial charge in [-0.25, -0.2) is 0 Å². The van der Waals surface area contributed by atoms with Crippen molar-refractivity contribution in [1.82, 2.24) is 0 Å². The summed E-state index contributed by atoms with van der Waals surface area (Å²) in [5, 5.41) is 2.99. The van der Waals surface area contributed by atoms with Crippen molar-refractivity contribution in [1.29, 1.82) is 0 Å². The highest BCUT2D eigenvalue weighted by Crippen LogP contribution is 2.31. The van der Waals surface area contributed by atoms with Crippen LogP contribution >= 0.6 is 11.8 Å². The van der Waals surface area contributed by atoms with Crippen molar-refractivity contribution in [2.45, 2.75) is 44.1 Å². The van der Waals surface area contributed by atoms with E-state index >= 15 is 0 Å². The lowest BCUT2D eigenvalue weighted by molar-refractivity contribution is -0.118. The van der Waals surface area contributed by atoms with Crippen LogP contribution in [-0.2, 0) is 9.53 Å². The monoisotopic (exact) mass is 337 g/mol. The summed E-state index contributed by atoms with van der Waals surface area (Å²) in [6.45, 7) is 5.10. The molecule has 1 aromatic carbocycles. The SMILES string of the molecule is COc1cc(SC)ccc1NC(=O)C[C@H]1CCO[C@H](C(C)C)C1. The second kappa shape index (κ2) is 8.60. The van der Waals surface area contributed by atoms with Gasteiger partial charge in [0.15, 0.2) is 0 Å². The van der Waals surface area contributed by atoms with Crippen LogP contribution in [-0.4, -0.2) is 32.0 Å². The third kappa shape index (κ3) is 5.15. The molecule has 1 aliphatic rings. The summed E-state index contributed by atoms with van der Waals surface area (Å²) in [6, 6.07) is 5.85. The van der Waals surface area contributed by atoms with Gasteiger partial charge >= 0.3 is 0 Å². The second-order valence-corrected chi connectivity index (χ2v) is 7.24. The average molecular weight is 337 g/mol. The summed E-state index contributed by atoms with van der Waals surface area (Å²) < 4.78 is 11.2. The number of anilines is 1. The number of thioether (sulfide) groups is 1. The van der Waals surface area contributed by atoms with Crippen LogP contribution in [0.5, 0.6) is 5.75 Å². The minimum atomic E-state index is 0.0506. The average Bonchev–Trinajstić information content (AvgIpc) is 2.55. The topological polar surface area (TPSA) is 47.6 Å². The number of carbonyl (C=O) groups is 1. The molecule has 0 aliphatic carbocycles. The van der Waals surface area contributed by atoms with E-state index in [2.05, 4.69) is 19.2 Å². The van der Waals surface area contributed by atoms with Crippen LogP contribution in [0.3, 0.4) is 0 Å². The minimum Gasteiger partial charge on any atom is -0.495 e. The summed E-state index contributed by atoms with van der Waals surface area (Å²) in [7, 11) is 1.63. The molecule has 1 heterocycles. The van der Waals surface area contributed by atoms with E-state index in [0.29, 0.717) is 24.0 Å². The van der Waals surface area contributed by atoms with Gasteiger partial charge in [-0.3, -0.25) is 4.79 Å². The molecule has 0 unspecified atom stereocenters. The van der Waals surface area contributed by atoms with Crippen molar-refractivity contribution in [2.75, 3.05) is 25.3 Å². The van der Waals surface area contributed by atoms with Gasteiger partial charge in [0.25, 0.3) is 0 Å². The molecular formula is C18H27NO3S. The number of carbonyl (C=O) groups excluding carboxylic acids is 1. The molecule has 1 N–H and O–H groups in total. The highest BCUT2D eigenvalue weighted by atomic mass is 32.2. The third-order valence-corrected chi connectivity index (χ3v) is 5.05. The lowest BCUT2D eigenvalue weighted by atomic mass is 9.88. The first-order valence-corrected chi connectivity index (χ1v) is 9.39. The van der Waals surface area contributed by atoms with E-state index in [1.54, 1.807) is 18.9 Å². The van der Waals surface area contributed by atoms with Gasteiger partial charge in [0.2, 0.25) is 5.91 Å². The maximum Gasteiger partial charge on any atom is 0.224 e. The molecule has 5 heteroatoms. The summed E-state index contributed by atoms with van der Waals surface area (Å²) >= 11 is 1.65. The van der Waals surface area contributed by atoms with Crippen LogP contribution < -0.4 is 10.1 Å². The Labute approximate surface area is 143 Å². The molecule has 0 bridgehead atoms. The van der Waals surface area contributed by atoms with Gasteiger partial charge in [-0.05, 0) is 49.1 Å². The van der Waals surface area contributed by atoms with Crippen molar-refractivity contribution in [3.63, 3.8) is 0 Å². The zero-order valence-corrected chi connectivity index (χ0v) is 15.2. The Hall–Kier alpha value is -1.20. The quantitative estimate of drug-likeness (QED) is 0.791. The van der Waals surface area contributed by atoms with E-state index in [1.165, 1.54) is 0 Å². The lowest BCUT2D eigenvalue weighted by Crippen LogP contribution is -2.31. The van der Waals surface area contributed by atoms with Crippen molar-refractivity contribution in [3.8, 4) is 5.75 Å². The highest BCUT2D eigenvalue weighted by Gasteiger charge is 2.26. The minimum absolute atomic E-state index is 0.0506. The molecule has 23 heavy (non-hydrogen) atoms. The molecule has 128 valence electrons. The van der Waals surface area contributed by atoms with Crippen molar-refractivity contribution < 1.29 is 14.3 Å². The van der Waals surface area contributed by atoms with Crippen LogP contribution in [0.2, 0.25) is 0 Å². The Bertz CT molecular complexity index is 533.